The Morgan fingerprint density at radius 1 is 1.11 bits per heavy atom. The van der Waals surface area contributed by atoms with Gasteiger partial charge in [0.05, 0.1) is 0 Å². The minimum Gasteiger partial charge on any atom is -0.315 e. The molecule has 1 aliphatic rings. The van der Waals surface area contributed by atoms with Crippen molar-refractivity contribution in [3.8, 4) is 0 Å². The first-order valence-electron chi connectivity index (χ1n) is 8.29. The number of nitrogens with one attached hydrogen (secondary N) is 1. The normalized spacial score (nSPS) is 22.3. The number of hydrogen-bond acceptors (Lipinski definition) is 3. The zero-order valence-corrected chi connectivity index (χ0v) is 13.6. The Morgan fingerprint density at radius 3 is 2.53 bits per heavy atom. The summed E-state index contributed by atoms with van der Waals surface area (Å²) in [5.41, 5.74) is 0. The van der Waals surface area contributed by atoms with Crippen LogP contribution in [0.3, 0.4) is 0 Å². The van der Waals surface area contributed by atoms with Crippen molar-refractivity contribution >= 4 is 0 Å². The van der Waals surface area contributed by atoms with Gasteiger partial charge in [-0.15, -0.1) is 0 Å². The van der Waals surface area contributed by atoms with E-state index in [1.54, 1.807) is 0 Å². The quantitative estimate of drug-likeness (QED) is 0.649. The number of nitrogens with zero attached hydrogens (tertiary/aromatic N) is 2. The zero-order chi connectivity index (χ0) is 14.1. The van der Waals surface area contributed by atoms with E-state index in [0.717, 1.165) is 6.04 Å². The van der Waals surface area contributed by atoms with Gasteiger partial charge in [0.2, 0.25) is 0 Å². The van der Waals surface area contributed by atoms with Crippen LogP contribution in [0, 0.1) is 0 Å². The smallest absolute Gasteiger partial charge is 0.0218 e. The average Bonchev–Trinajstić information content (AvgIpc) is 2.39. The van der Waals surface area contributed by atoms with Crippen LogP contribution in [-0.2, 0) is 0 Å². The minimum absolute atomic E-state index is 0.635. The molecular formula is C16H35N3. The average molecular weight is 269 g/mol. The SMILES string of the molecule is CCC1CN(CCCCCCNC(C)C)CCN1C. The molecule has 19 heavy (non-hydrogen) atoms. The highest BCUT2D eigenvalue weighted by Crippen LogP contribution is 2.11. The van der Waals surface area contributed by atoms with Gasteiger partial charge in [0.15, 0.2) is 0 Å². The third kappa shape index (κ3) is 7.28. The van der Waals surface area contributed by atoms with E-state index >= 15 is 0 Å². The maximum atomic E-state index is 3.49. The third-order valence-electron chi connectivity index (χ3n) is 4.29. The minimum atomic E-state index is 0.635. The molecule has 0 radical (unpaired) electrons. The lowest BCUT2D eigenvalue weighted by atomic mass is 10.1. The second kappa shape index (κ2) is 9.73. The molecule has 1 saturated heterocycles. The standard InChI is InChI=1S/C16H35N3/c1-5-16-14-19(13-12-18(16)4)11-9-7-6-8-10-17-15(2)3/h15-17H,5-14H2,1-4H3. The van der Waals surface area contributed by atoms with Crippen molar-refractivity contribution in [3.63, 3.8) is 0 Å². The second-order valence-electron chi connectivity index (χ2n) is 6.37. The Morgan fingerprint density at radius 2 is 1.84 bits per heavy atom. The summed E-state index contributed by atoms with van der Waals surface area (Å²) in [6.07, 6.45) is 6.77. The predicted molar refractivity (Wildman–Crippen MR) is 84.8 cm³/mol. The van der Waals surface area contributed by atoms with E-state index in [1.165, 1.54) is 64.8 Å². The van der Waals surface area contributed by atoms with Crippen molar-refractivity contribution in [1.29, 1.82) is 0 Å². The van der Waals surface area contributed by atoms with E-state index in [2.05, 4.69) is 42.9 Å². The maximum absolute atomic E-state index is 3.49. The molecule has 1 rings (SSSR count). The van der Waals surface area contributed by atoms with Crippen LogP contribution in [0.4, 0.5) is 0 Å². The fourth-order valence-electron chi connectivity index (χ4n) is 2.86. The van der Waals surface area contributed by atoms with Gasteiger partial charge in [-0.3, -0.25) is 0 Å². The first-order valence-corrected chi connectivity index (χ1v) is 8.29. The van der Waals surface area contributed by atoms with Crippen molar-refractivity contribution in [3.05, 3.63) is 0 Å². The molecule has 0 saturated carbocycles. The van der Waals surface area contributed by atoms with Crippen LogP contribution in [-0.4, -0.2) is 61.7 Å². The summed E-state index contributed by atoms with van der Waals surface area (Å²) in [6.45, 7) is 13.0. The summed E-state index contributed by atoms with van der Waals surface area (Å²) in [6, 6.07) is 1.42. The monoisotopic (exact) mass is 269 g/mol. The van der Waals surface area contributed by atoms with Crippen LogP contribution in [0.1, 0.15) is 52.9 Å². The van der Waals surface area contributed by atoms with Crippen molar-refractivity contribution in [2.75, 3.05) is 39.8 Å². The molecule has 1 N–H and O–H groups in total. The highest BCUT2D eigenvalue weighted by atomic mass is 15.3. The van der Waals surface area contributed by atoms with Gasteiger partial charge in [-0.1, -0.05) is 33.6 Å². The highest BCUT2D eigenvalue weighted by molar-refractivity contribution is 4.78. The molecule has 0 amide bonds. The Kier molecular flexibility index (Phi) is 8.67. The second-order valence-corrected chi connectivity index (χ2v) is 6.37. The van der Waals surface area contributed by atoms with E-state index in [-0.39, 0.29) is 0 Å². The van der Waals surface area contributed by atoms with Crippen molar-refractivity contribution in [2.24, 2.45) is 0 Å². The molecule has 3 nitrogen and oxygen atoms in total. The molecule has 1 fully saturated rings. The Bertz CT molecular complexity index is 218. The fraction of sp³-hybridized carbons (Fsp3) is 1.00. The van der Waals surface area contributed by atoms with E-state index in [4.69, 9.17) is 0 Å². The molecule has 1 unspecified atom stereocenters. The molecule has 1 atom stereocenters. The van der Waals surface area contributed by atoms with Gasteiger partial charge >= 0.3 is 0 Å². The lowest BCUT2D eigenvalue weighted by Crippen LogP contribution is -2.51. The first kappa shape index (κ1) is 16.9. The van der Waals surface area contributed by atoms with Gasteiger partial charge < -0.3 is 15.1 Å². The van der Waals surface area contributed by atoms with E-state index < -0.39 is 0 Å². The molecule has 0 aliphatic carbocycles. The van der Waals surface area contributed by atoms with Gasteiger partial charge in [0.1, 0.15) is 0 Å². The number of piperazine rings is 1. The molecule has 0 aromatic rings. The van der Waals surface area contributed by atoms with E-state index in [0.29, 0.717) is 6.04 Å². The van der Waals surface area contributed by atoms with Gasteiger partial charge in [-0.05, 0) is 39.4 Å². The fourth-order valence-corrected chi connectivity index (χ4v) is 2.86. The van der Waals surface area contributed by atoms with Crippen LogP contribution in [0.5, 0.6) is 0 Å². The lowest BCUT2D eigenvalue weighted by Gasteiger charge is -2.39. The Labute approximate surface area is 120 Å². The van der Waals surface area contributed by atoms with Gasteiger partial charge in [0.25, 0.3) is 0 Å². The summed E-state index contributed by atoms with van der Waals surface area (Å²) >= 11 is 0. The summed E-state index contributed by atoms with van der Waals surface area (Å²) in [7, 11) is 2.27. The van der Waals surface area contributed by atoms with Gasteiger partial charge in [0, 0.05) is 31.7 Å². The van der Waals surface area contributed by atoms with E-state index in [1.807, 2.05) is 0 Å². The highest BCUT2D eigenvalue weighted by Gasteiger charge is 2.21. The molecule has 3 heteroatoms. The molecule has 0 aromatic heterocycles. The van der Waals surface area contributed by atoms with Crippen molar-refractivity contribution in [1.82, 2.24) is 15.1 Å². The molecule has 0 aromatic carbocycles. The van der Waals surface area contributed by atoms with Gasteiger partial charge in [-0.2, -0.15) is 0 Å². The molecule has 0 bridgehead atoms. The van der Waals surface area contributed by atoms with Crippen LogP contribution in [0.25, 0.3) is 0 Å². The molecule has 1 aliphatic heterocycles. The summed E-state index contributed by atoms with van der Waals surface area (Å²) in [4.78, 5) is 5.19. The van der Waals surface area contributed by atoms with E-state index in [9.17, 15) is 0 Å². The number of rotatable bonds is 9. The number of likely N-dealkylation sites (N-methyl/N-ethyl adjacent to an activating group) is 1. The predicted octanol–water partition coefficient (Wildman–Crippen LogP) is 2.57. The maximum Gasteiger partial charge on any atom is 0.0218 e. The van der Waals surface area contributed by atoms with Gasteiger partial charge in [-0.25, -0.2) is 0 Å². The van der Waals surface area contributed by atoms with Crippen LogP contribution in [0.15, 0.2) is 0 Å². The van der Waals surface area contributed by atoms with Crippen LogP contribution < -0.4 is 5.32 Å². The number of unbranched alkanes of at least 4 members (excludes halogenated alkanes) is 3. The molecule has 114 valence electrons. The third-order valence-corrected chi connectivity index (χ3v) is 4.29. The van der Waals surface area contributed by atoms with Crippen LogP contribution >= 0.6 is 0 Å². The molecule has 1 heterocycles. The Balaban J connectivity index is 1.97. The lowest BCUT2D eigenvalue weighted by molar-refractivity contribution is 0.0919. The molecular weight excluding hydrogens is 234 g/mol. The van der Waals surface area contributed by atoms with Crippen LogP contribution in [0.2, 0.25) is 0 Å². The molecule has 0 spiro atoms. The first-order chi connectivity index (χ1) is 9.13. The van der Waals surface area contributed by atoms with Crippen molar-refractivity contribution < 1.29 is 0 Å². The summed E-state index contributed by atoms with van der Waals surface area (Å²) < 4.78 is 0. The topological polar surface area (TPSA) is 18.5 Å². The summed E-state index contributed by atoms with van der Waals surface area (Å²) in [5.74, 6) is 0. The summed E-state index contributed by atoms with van der Waals surface area (Å²) in [5, 5.41) is 3.49. The van der Waals surface area contributed by atoms with Crippen molar-refractivity contribution in [2.45, 2.75) is 65.0 Å². The number of hydrogen-bond donors (Lipinski definition) is 1. The Hall–Kier alpha value is -0.120. The zero-order valence-electron chi connectivity index (χ0n) is 13.6. The largest absolute Gasteiger partial charge is 0.315 e.